The summed E-state index contributed by atoms with van der Waals surface area (Å²) in [6, 6.07) is 3.64. The molecule has 1 aromatic carbocycles. The van der Waals surface area contributed by atoms with Crippen LogP contribution in [-0.4, -0.2) is 50.3 Å². The summed E-state index contributed by atoms with van der Waals surface area (Å²) in [5.74, 6) is -2.37. The number of nitrogens with one attached hydrogen (secondary N) is 2. The summed E-state index contributed by atoms with van der Waals surface area (Å²) in [6.45, 7) is 1.23. The Morgan fingerprint density at radius 2 is 1.90 bits per heavy atom. The zero-order chi connectivity index (χ0) is 21.6. The van der Waals surface area contributed by atoms with Crippen molar-refractivity contribution >= 4 is 29.5 Å². The number of carboxylic acids is 1. The second kappa shape index (κ2) is 9.92. The summed E-state index contributed by atoms with van der Waals surface area (Å²) < 4.78 is 0. The Balaban J connectivity index is 2.04. The predicted octanol–water partition coefficient (Wildman–Crippen LogP) is 1.02. The molecule has 1 unspecified atom stereocenters. The molecule has 0 bridgehead atoms. The molecule has 2 amide bonds. The molecule has 0 fully saturated rings. The smallest absolute Gasteiger partial charge is 0.326 e. The lowest BCUT2D eigenvalue weighted by atomic mass is 10.0. The molecular formula is C18H21N3O7S. The van der Waals surface area contributed by atoms with Gasteiger partial charge < -0.3 is 20.8 Å². The predicted molar refractivity (Wildman–Crippen MR) is 105 cm³/mol. The summed E-state index contributed by atoms with van der Waals surface area (Å²) in [5.41, 5.74) is 0.595. The molecule has 0 saturated carbocycles. The molecule has 1 aromatic rings. The van der Waals surface area contributed by atoms with E-state index in [1.807, 2.05) is 0 Å². The van der Waals surface area contributed by atoms with Gasteiger partial charge in [-0.25, -0.2) is 4.79 Å². The molecule has 0 aromatic heterocycles. The Bertz CT molecular complexity index is 825. The maximum absolute atomic E-state index is 12.7. The number of carboxylic acid groups (broad SMARTS) is 1. The quantitative estimate of drug-likeness (QED) is 0.338. The van der Waals surface area contributed by atoms with Crippen molar-refractivity contribution in [2.75, 3.05) is 0 Å². The van der Waals surface area contributed by atoms with Crippen LogP contribution in [0.25, 0.3) is 0 Å². The molecule has 156 valence electrons. The minimum absolute atomic E-state index is 0.00674. The maximum atomic E-state index is 12.7. The van der Waals surface area contributed by atoms with Gasteiger partial charge in [-0.2, -0.15) is 0 Å². The highest BCUT2D eigenvalue weighted by Gasteiger charge is 2.32. The Hall–Kier alpha value is -3.08. The van der Waals surface area contributed by atoms with Crippen LogP contribution in [0.2, 0.25) is 0 Å². The average molecular weight is 423 g/mol. The van der Waals surface area contributed by atoms with Gasteiger partial charge in [0.15, 0.2) is 0 Å². The van der Waals surface area contributed by atoms with Crippen molar-refractivity contribution < 1.29 is 29.5 Å². The van der Waals surface area contributed by atoms with E-state index in [2.05, 4.69) is 10.6 Å². The third-order valence-electron chi connectivity index (χ3n) is 4.21. The van der Waals surface area contributed by atoms with Crippen LogP contribution in [0.3, 0.4) is 0 Å². The average Bonchev–Trinajstić information content (AvgIpc) is 3.10. The first kappa shape index (κ1) is 22.2. The number of amides is 2. The number of aromatic hydroxyl groups is 1. The SMILES string of the molecule is CC(=O)N[C@@H](CC1CC=C([N+](=O)[O-])S1)C(=O)N[C@@H](Cc1ccc(O)cc1)C(=O)O. The van der Waals surface area contributed by atoms with E-state index in [9.17, 15) is 34.7 Å². The minimum atomic E-state index is -1.25. The number of carbonyl (C=O) groups excluding carboxylic acids is 2. The van der Waals surface area contributed by atoms with Gasteiger partial charge in [-0.3, -0.25) is 19.7 Å². The number of nitrogens with zero attached hydrogens (tertiary/aromatic N) is 1. The summed E-state index contributed by atoms with van der Waals surface area (Å²) in [5, 5.41) is 34.2. The molecule has 1 aliphatic rings. The van der Waals surface area contributed by atoms with E-state index >= 15 is 0 Å². The number of benzene rings is 1. The Morgan fingerprint density at radius 1 is 1.24 bits per heavy atom. The molecule has 1 heterocycles. The lowest BCUT2D eigenvalue weighted by molar-refractivity contribution is -0.410. The van der Waals surface area contributed by atoms with Crippen LogP contribution in [-0.2, 0) is 20.8 Å². The number of aliphatic carboxylic acids is 1. The van der Waals surface area contributed by atoms with E-state index in [1.165, 1.54) is 25.1 Å². The van der Waals surface area contributed by atoms with Crippen molar-refractivity contribution in [2.45, 2.75) is 43.5 Å². The minimum Gasteiger partial charge on any atom is -0.508 e. The first-order valence-corrected chi connectivity index (χ1v) is 9.63. The van der Waals surface area contributed by atoms with Crippen molar-refractivity contribution in [2.24, 2.45) is 0 Å². The highest BCUT2D eigenvalue weighted by Crippen LogP contribution is 2.35. The van der Waals surface area contributed by atoms with Crippen LogP contribution in [0.5, 0.6) is 5.75 Å². The number of nitro groups is 1. The zero-order valence-electron chi connectivity index (χ0n) is 15.5. The second-order valence-electron chi connectivity index (χ2n) is 6.53. The second-order valence-corrected chi connectivity index (χ2v) is 7.85. The number of rotatable bonds is 9. The van der Waals surface area contributed by atoms with Gasteiger partial charge in [-0.1, -0.05) is 12.1 Å². The zero-order valence-corrected chi connectivity index (χ0v) is 16.3. The fourth-order valence-corrected chi connectivity index (χ4v) is 3.94. The molecule has 10 nitrogen and oxygen atoms in total. The van der Waals surface area contributed by atoms with E-state index < -0.39 is 34.8 Å². The molecule has 29 heavy (non-hydrogen) atoms. The molecule has 0 spiro atoms. The van der Waals surface area contributed by atoms with E-state index in [0.29, 0.717) is 12.0 Å². The molecule has 4 N–H and O–H groups in total. The molecule has 0 aliphatic carbocycles. The van der Waals surface area contributed by atoms with Crippen molar-refractivity contribution in [1.82, 2.24) is 10.6 Å². The van der Waals surface area contributed by atoms with E-state index in [-0.39, 0.29) is 28.9 Å². The van der Waals surface area contributed by atoms with Crippen molar-refractivity contribution in [1.29, 1.82) is 0 Å². The van der Waals surface area contributed by atoms with Gasteiger partial charge in [0.1, 0.15) is 17.8 Å². The molecule has 0 radical (unpaired) electrons. The van der Waals surface area contributed by atoms with Gasteiger partial charge in [-0.15, -0.1) is 0 Å². The number of allylic oxidation sites excluding steroid dienone is 1. The monoisotopic (exact) mass is 423 g/mol. The standard InChI is InChI=1S/C18H21N3O7S/c1-10(22)19-14(9-13-6-7-16(29-13)21(27)28)17(24)20-15(18(25)26)8-11-2-4-12(23)5-3-11/h2-5,7,13-15,23H,6,8-9H2,1H3,(H,19,22)(H,20,24)(H,25,26)/t13?,14-,15-/m0/s1. The van der Waals surface area contributed by atoms with Crippen LogP contribution >= 0.6 is 11.8 Å². The normalized spacial score (nSPS) is 17.7. The molecule has 11 heteroatoms. The highest BCUT2D eigenvalue weighted by molar-refractivity contribution is 8.03. The Morgan fingerprint density at radius 3 is 2.41 bits per heavy atom. The number of thioether (sulfide) groups is 1. The third-order valence-corrected chi connectivity index (χ3v) is 5.48. The van der Waals surface area contributed by atoms with Gasteiger partial charge in [0.25, 0.3) is 5.03 Å². The lowest BCUT2D eigenvalue weighted by Gasteiger charge is -2.23. The first-order valence-electron chi connectivity index (χ1n) is 8.75. The molecule has 2 rings (SSSR count). The Labute approximate surface area is 170 Å². The fourth-order valence-electron chi connectivity index (χ4n) is 2.84. The topological polar surface area (TPSA) is 159 Å². The highest BCUT2D eigenvalue weighted by atomic mass is 32.2. The van der Waals surface area contributed by atoms with E-state index in [1.54, 1.807) is 12.1 Å². The molecule has 0 saturated heterocycles. The van der Waals surface area contributed by atoms with E-state index in [4.69, 9.17) is 0 Å². The number of phenolic OH excluding ortho intramolecular Hbond substituents is 1. The largest absolute Gasteiger partial charge is 0.508 e. The fraction of sp³-hybridized carbons (Fsp3) is 0.389. The van der Waals surface area contributed by atoms with Crippen molar-refractivity contribution in [3.63, 3.8) is 0 Å². The lowest BCUT2D eigenvalue weighted by Crippen LogP contribution is -2.52. The first-order chi connectivity index (χ1) is 13.7. The molecular weight excluding hydrogens is 402 g/mol. The van der Waals surface area contributed by atoms with Crippen molar-refractivity contribution in [3.05, 3.63) is 51.0 Å². The van der Waals surface area contributed by atoms with Gasteiger partial charge in [-0.05, 0) is 42.3 Å². The summed E-state index contributed by atoms with van der Waals surface area (Å²) in [6.07, 6.45) is 1.94. The summed E-state index contributed by atoms with van der Waals surface area (Å²) in [4.78, 5) is 46.1. The van der Waals surface area contributed by atoms with Crippen LogP contribution in [0.1, 0.15) is 25.3 Å². The number of carbonyl (C=O) groups is 3. The van der Waals surface area contributed by atoms with Crippen LogP contribution in [0.4, 0.5) is 0 Å². The van der Waals surface area contributed by atoms with Gasteiger partial charge in [0.2, 0.25) is 11.8 Å². The van der Waals surface area contributed by atoms with Crippen LogP contribution < -0.4 is 10.6 Å². The molecule has 3 atom stereocenters. The Kier molecular flexibility index (Phi) is 7.59. The number of hydrogen-bond donors (Lipinski definition) is 4. The summed E-state index contributed by atoms with van der Waals surface area (Å²) >= 11 is 1.01. The van der Waals surface area contributed by atoms with Crippen LogP contribution in [0.15, 0.2) is 35.4 Å². The van der Waals surface area contributed by atoms with Crippen molar-refractivity contribution in [3.8, 4) is 5.75 Å². The number of hydrogen-bond acceptors (Lipinski definition) is 7. The van der Waals surface area contributed by atoms with Gasteiger partial charge in [0, 0.05) is 24.7 Å². The van der Waals surface area contributed by atoms with Crippen LogP contribution in [0, 0.1) is 10.1 Å². The van der Waals surface area contributed by atoms with Gasteiger partial charge >= 0.3 is 5.97 Å². The molecule has 1 aliphatic heterocycles. The van der Waals surface area contributed by atoms with E-state index in [0.717, 1.165) is 11.8 Å². The third kappa shape index (κ3) is 6.79. The summed E-state index contributed by atoms with van der Waals surface area (Å²) in [7, 11) is 0. The maximum Gasteiger partial charge on any atom is 0.326 e. The number of phenols is 1. The van der Waals surface area contributed by atoms with Gasteiger partial charge in [0.05, 0.1) is 4.92 Å².